The van der Waals surface area contributed by atoms with Crippen LogP contribution in [0.15, 0.2) is 11.3 Å². The molecule has 0 amide bonds. The normalized spacial score (nSPS) is 36.5. The minimum absolute atomic E-state index is 0.217. The molecule has 1 aromatic rings. The van der Waals surface area contributed by atoms with Gasteiger partial charge < -0.3 is 25.4 Å². The van der Waals surface area contributed by atoms with Crippen LogP contribution in [-0.2, 0) is 4.74 Å². The van der Waals surface area contributed by atoms with Crippen LogP contribution in [0.25, 0.3) is 0 Å². The fourth-order valence-corrected chi connectivity index (χ4v) is 2.73. The van der Waals surface area contributed by atoms with E-state index >= 15 is 0 Å². The third-order valence-electron chi connectivity index (χ3n) is 3.46. The summed E-state index contributed by atoms with van der Waals surface area (Å²) in [6, 6.07) is 0. The summed E-state index contributed by atoms with van der Waals surface area (Å²) in [4.78, 5) is 8.11. The highest BCUT2D eigenvalue weighted by molar-refractivity contribution is 6.21. The number of aliphatic imine (C=N–C) groups is 1. The van der Waals surface area contributed by atoms with Crippen molar-refractivity contribution >= 4 is 23.8 Å². The van der Waals surface area contributed by atoms with Gasteiger partial charge in [0.15, 0.2) is 6.23 Å². The van der Waals surface area contributed by atoms with Gasteiger partial charge in [0.1, 0.15) is 35.2 Å². The zero-order valence-corrected chi connectivity index (χ0v) is 11.2. The number of halogens is 1. The van der Waals surface area contributed by atoms with Gasteiger partial charge in [-0.05, 0) is 0 Å². The highest BCUT2D eigenvalue weighted by Gasteiger charge is 2.44. The smallest absolute Gasteiger partial charge is 0.156 e. The summed E-state index contributed by atoms with van der Waals surface area (Å²) in [5, 5.41) is 31.1. The van der Waals surface area contributed by atoms with Crippen LogP contribution in [0.3, 0.4) is 0 Å². The van der Waals surface area contributed by atoms with Crippen LogP contribution < -0.4 is 5.32 Å². The Labute approximate surface area is 119 Å². The monoisotopic (exact) mass is 302 g/mol. The molecule has 0 aliphatic carbocycles. The number of nitrogens with one attached hydrogen (secondary N) is 1. The SMILES string of the molecule is OCC1OC(n2cnc3c2NC=NC[C@H]3O)C(Cl)C1O. The molecular formula is C11H15ClN4O4. The Bertz CT molecular complexity index is 523. The van der Waals surface area contributed by atoms with Crippen molar-refractivity contribution in [1.82, 2.24) is 9.55 Å². The number of nitrogens with zero attached hydrogens (tertiary/aromatic N) is 3. The van der Waals surface area contributed by atoms with Crippen molar-refractivity contribution in [3.63, 3.8) is 0 Å². The number of hydrogen-bond donors (Lipinski definition) is 4. The van der Waals surface area contributed by atoms with Crippen LogP contribution in [0, 0.1) is 0 Å². The van der Waals surface area contributed by atoms with E-state index in [1.807, 2.05) is 0 Å². The van der Waals surface area contributed by atoms with Gasteiger partial charge in [-0.25, -0.2) is 4.98 Å². The van der Waals surface area contributed by atoms with E-state index in [1.54, 1.807) is 4.57 Å². The van der Waals surface area contributed by atoms with Gasteiger partial charge in [0.05, 0.1) is 25.8 Å². The predicted octanol–water partition coefficient (Wildman–Crippen LogP) is -0.772. The number of fused-ring (bicyclic) bond motifs is 1. The molecule has 3 rings (SSSR count). The van der Waals surface area contributed by atoms with Gasteiger partial charge in [0.2, 0.25) is 0 Å². The predicted molar refractivity (Wildman–Crippen MR) is 70.8 cm³/mol. The van der Waals surface area contributed by atoms with E-state index in [2.05, 4.69) is 15.3 Å². The van der Waals surface area contributed by atoms with Crippen LogP contribution in [-0.4, -0.2) is 61.9 Å². The number of aliphatic hydroxyl groups excluding tert-OH is 3. The van der Waals surface area contributed by atoms with Crippen LogP contribution in [0.1, 0.15) is 18.0 Å². The van der Waals surface area contributed by atoms with Gasteiger partial charge in [-0.1, -0.05) is 0 Å². The summed E-state index contributed by atoms with van der Waals surface area (Å²) >= 11 is 6.15. The fraction of sp³-hybridized carbons (Fsp3) is 0.636. The lowest BCUT2D eigenvalue weighted by atomic mass is 10.2. The molecule has 1 aromatic heterocycles. The Morgan fingerprint density at radius 2 is 2.30 bits per heavy atom. The van der Waals surface area contributed by atoms with Gasteiger partial charge in [0, 0.05) is 0 Å². The first-order chi connectivity index (χ1) is 9.63. The molecule has 5 atom stereocenters. The molecule has 0 saturated carbocycles. The molecule has 0 bridgehead atoms. The van der Waals surface area contributed by atoms with Gasteiger partial charge in [0.25, 0.3) is 0 Å². The quantitative estimate of drug-likeness (QED) is 0.534. The van der Waals surface area contributed by atoms with Crippen molar-refractivity contribution in [1.29, 1.82) is 0 Å². The number of alkyl halides is 1. The third-order valence-corrected chi connectivity index (χ3v) is 3.93. The van der Waals surface area contributed by atoms with E-state index in [0.29, 0.717) is 11.5 Å². The summed E-state index contributed by atoms with van der Waals surface area (Å²) in [5.74, 6) is 0.514. The third kappa shape index (κ3) is 2.09. The lowest BCUT2D eigenvalue weighted by Crippen LogP contribution is -2.30. The van der Waals surface area contributed by atoms with E-state index in [-0.39, 0.29) is 13.2 Å². The Hall–Kier alpha value is -1.19. The molecule has 0 aromatic carbocycles. The van der Waals surface area contributed by atoms with E-state index in [4.69, 9.17) is 21.4 Å². The van der Waals surface area contributed by atoms with Crippen molar-refractivity contribution < 1.29 is 20.1 Å². The molecule has 0 radical (unpaired) electrons. The molecule has 4 N–H and O–H groups in total. The van der Waals surface area contributed by atoms with Crippen molar-refractivity contribution in [3.05, 3.63) is 12.0 Å². The van der Waals surface area contributed by atoms with E-state index in [9.17, 15) is 10.2 Å². The summed E-state index contributed by atoms with van der Waals surface area (Å²) in [6.45, 7) is -0.107. The van der Waals surface area contributed by atoms with Crippen LogP contribution in [0.4, 0.5) is 5.82 Å². The van der Waals surface area contributed by atoms with Crippen molar-refractivity contribution in [2.45, 2.75) is 29.9 Å². The molecule has 3 heterocycles. The minimum atomic E-state index is -0.978. The molecule has 1 saturated heterocycles. The number of rotatable bonds is 2. The number of aromatic nitrogens is 2. The molecule has 110 valence electrons. The average Bonchev–Trinajstić information content (AvgIpc) is 2.92. The standard InChI is InChI=1S/C11H15ClN4O4/c12-7-9(19)6(2-17)20-11(7)16-4-15-8-5(18)1-13-3-14-10(8)16/h3-7,9,11,17-19H,1-2H2,(H,13,14)/t5-,6?,7?,9?,11?/m1/s1. The lowest BCUT2D eigenvalue weighted by Gasteiger charge is -2.18. The van der Waals surface area contributed by atoms with Gasteiger partial charge in [-0.15, -0.1) is 11.6 Å². The maximum atomic E-state index is 9.92. The molecule has 1 fully saturated rings. The molecule has 4 unspecified atom stereocenters. The molecule has 9 heteroatoms. The summed E-state index contributed by atoms with van der Waals surface area (Å²) < 4.78 is 7.14. The van der Waals surface area contributed by atoms with Crippen molar-refractivity contribution in [2.75, 3.05) is 18.5 Å². The van der Waals surface area contributed by atoms with Gasteiger partial charge in [-0.2, -0.15) is 0 Å². The van der Waals surface area contributed by atoms with Crippen molar-refractivity contribution in [2.24, 2.45) is 4.99 Å². The molecular weight excluding hydrogens is 288 g/mol. The minimum Gasteiger partial charge on any atom is -0.394 e. The highest BCUT2D eigenvalue weighted by atomic mass is 35.5. The number of imidazole rings is 1. The number of anilines is 1. The van der Waals surface area contributed by atoms with Crippen LogP contribution in [0.5, 0.6) is 0 Å². The van der Waals surface area contributed by atoms with Crippen LogP contribution >= 0.6 is 11.6 Å². The Balaban J connectivity index is 1.94. The van der Waals surface area contributed by atoms with Gasteiger partial charge in [-0.3, -0.25) is 9.56 Å². The lowest BCUT2D eigenvalue weighted by molar-refractivity contribution is -0.0436. The summed E-state index contributed by atoms with van der Waals surface area (Å²) in [6.07, 6.45) is -0.283. The zero-order valence-electron chi connectivity index (χ0n) is 10.4. The summed E-state index contributed by atoms with van der Waals surface area (Å²) in [5.41, 5.74) is 0.442. The Morgan fingerprint density at radius 3 is 3.00 bits per heavy atom. The zero-order chi connectivity index (χ0) is 14.3. The number of aliphatic hydroxyl groups is 3. The second-order valence-corrected chi connectivity index (χ2v) is 5.23. The maximum Gasteiger partial charge on any atom is 0.156 e. The number of ether oxygens (including phenoxy) is 1. The molecule has 20 heavy (non-hydrogen) atoms. The first-order valence-electron chi connectivity index (χ1n) is 6.21. The molecule has 0 spiro atoms. The highest BCUT2D eigenvalue weighted by Crippen LogP contribution is 2.37. The van der Waals surface area contributed by atoms with E-state index in [0.717, 1.165) is 0 Å². The Morgan fingerprint density at radius 1 is 1.50 bits per heavy atom. The largest absolute Gasteiger partial charge is 0.394 e. The second-order valence-electron chi connectivity index (χ2n) is 4.72. The van der Waals surface area contributed by atoms with E-state index < -0.39 is 29.9 Å². The fourth-order valence-electron chi connectivity index (χ4n) is 2.39. The van der Waals surface area contributed by atoms with E-state index in [1.165, 1.54) is 12.7 Å². The first-order valence-corrected chi connectivity index (χ1v) is 6.65. The second kappa shape index (κ2) is 5.30. The van der Waals surface area contributed by atoms with Gasteiger partial charge >= 0.3 is 0 Å². The molecule has 8 nitrogen and oxygen atoms in total. The topological polar surface area (TPSA) is 112 Å². The first kappa shape index (κ1) is 13.8. The Kier molecular flexibility index (Phi) is 3.65. The average molecular weight is 303 g/mol. The summed E-state index contributed by atoms with van der Waals surface area (Å²) in [7, 11) is 0. The molecule has 2 aliphatic rings. The van der Waals surface area contributed by atoms with Crippen LogP contribution in [0.2, 0.25) is 0 Å². The maximum absolute atomic E-state index is 9.92. The molecule has 2 aliphatic heterocycles. The van der Waals surface area contributed by atoms with Crippen molar-refractivity contribution in [3.8, 4) is 0 Å². The number of hydrogen-bond acceptors (Lipinski definition) is 7.